The molecule has 2 rings (SSSR count). The van der Waals surface area contributed by atoms with Gasteiger partial charge in [0, 0.05) is 0 Å². The third kappa shape index (κ3) is 5.48. The zero-order valence-corrected chi connectivity index (χ0v) is 13.9. The predicted octanol–water partition coefficient (Wildman–Crippen LogP) is 1.86. The van der Waals surface area contributed by atoms with E-state index in [1.54, 1.807) is 4.35 Å². The van der Waals surface area contributed by atoms with Gasteiger partial charge in [0.15, 0.2) is 0 Å². The summed E-state index contributed by atoms with van der Waals surface area (Å²) in [5.74, 6) is 0. The van der Waals surface area contributed by atoms with Crippen LogP contribution in [-0.4, -0.2) is 24.9 Å². The Morgan fingerprint density at radius 2 is 1.86 bits per heavy atom. The molecule has 3 N–H and O–H groups in total. The molecule has 0 bridgehead atoms. The fourth-order valence-corrected chi connectivity index (χ4v) is 6.92. The summed E-state index contributed by atoms with van der Waals surface area (Å²) >= 11 is -1.15. The first-order valence-corrected chi connectivity index (χ1v) is 9.68. The first kappa shape index (κ1) is 17.1. The van der Waals surface area contributed by atoms with E-state index in [2.05, 4.69) is 56.3 Å². The maximum atomic E-state index is 8.36. The summed E-state index contributed by atoms with van der Waals surface area (Å²) in [6.07, 6.45) is 0. The third-order valence-electron chi connectivity index (χ3n) is 2.90. The molecular weight excluding hydrogens is 331 g/mol. The first-order chi connectivity index (χ1) is 9.95. The third-order valence-corrected chi connectivity index (χ3v) is 8.40. The molecule has 0 aliphatic heterocycles. The molecule has 1 unspecified atom stereocenters. The minimum absolute atomic E-state index is 0.879. The van der Waals surface area contributed by atoms with Crippen LogP contribution >= 0.6 is 0 Å². The maximum absolute atomic E-state index is 8.36. The van der Waals surface area contributed by atoms with Crippen molar-refractivity contribution in [3.63, 3.8) is 0 Å². The number of nitrogens with zero attached hydrogens (tertiary/aromatic N) is 1. The van der Waals surface area contributed by atoms with Gasteiger partial charge in [-0.3, -0.25) is 0 Å². The first-order valence-electron chi connectivity index (χ1n) is 6.47. The molecule has 0 saturated carbocycles. The Morgan fingerprint density at radius 1 is 1.24 bits per heavy atom. The molecule has 1 atom stereocenters. The fraction of sp³-hybridized carbons (Fsp3) is 0.200. The van der Waals surface area contributed by atoms with Crippen molar-refractivity contribution in [1.29, 1.82) is 0 Å². The van der Waals surface area contributed by atoms with Crippen LogP contribution in [0.15, 0.2) is 48.5 Å². The quantitative estimate of drug-likeness (QED) is 0.383. The average Bonchev–Trinajstić information content (AvgIpc) is 2.41. The Hall–Kier alpha value is -2.00. The van der Waals surface area contributed by atoms with Crippen molar-refractivity contribution < 1.29 is 10.3 Å². The van der Waals surface area contributed by atoms with Gasteiger partial charge < -0.3 is 5.21 Å². The SMILES string of the molecule is CC[As](c1cccc(N)c1)c1ccccc1C.O=[N+]([O-])O. The second kappa shape index (κ2) is 8.32. The van der Waals surface area contributed by atoms with Crippen molar-refractivity contribution in [2.75, 3.05) is 5.73 Å². The molecule has 0 radical (unpaired) electrons. The van der Waals surface area contributed by atoms with Gasteiger partial charge in [-0.05, 0) is 0 Å². The summed E-state index contributed by atoms with van der Waals surface area (Å²) in [5.41, 5.74) is 8.18. The molecule has 0 aromatic heterocycles. The minimum Gasteiger partial charge on any atom is -0.328 e. The molecule has 0 aliphatic carbocycles. The van der Waals surface area contributed by atoms with E-state index >= 15 is 0 Å². The van der Waals surface area contributed by atoms with Crippen LogP contribution in [0.4, 0.5) is 5.69 Å². The largest absolute Gasteiger partial charge is 0.328 e. The van der Waals surface area contributed by atoms with Crippen LogP contribution in [0.5, 0.6) is 0 Å². The molecule has 2 aromatic rings. The van der Waals surface area contributed by atoms with Gasteiger partial charge in [0.25, 0.3) is 5.09 Å². The molecule has 21 heavy (non-hydrogen) atoms. The fourth-order valence-electron chi connectivity index (χ4n) is 2.05. The zero-order chi connectivity index (χ0) is 15.8. The molecule has 5 nitrogen and oxygen atoms in total. The second-order valence-corrected chi connectivity index (χ2v) is 9.58. The number of benzene rings is 2. The van der Waals surface area contributed by atoms with Gasteiger partial charge in [0.2, 0.25) is 0 Å². The maximum Gasteiger partial charge on any atom is 0.291 e. The number of hydrogen-bond donors (Lipinski definition) is 2. The molecule has 0 heterocycles. The molecule has 0 saturated heterocycles. The standard InChI is InChI=1S/C15H18AsN.HNO3/c1-3-16(13-8-6-9-14(17)11-13)15-10-5-4-7-12(15)2;2-1(3)4/h4-11H,3,17H2,1-2H3;(H,2,3,4). The number of anilines is 1. The van der Waals surface area contributed by atoms with E-state index in [1.807, 2.05) is 6.07 Å². The van der Waals surface area contributed by atoms with E-state index in [1.165, 1.54) is 15.1 Å². The van der Waals surface area contributed by atoms with E-state index in [0.29, 0.717) is 0 Å². The van der Waals surface area contributed by atoms with Gasteiger partial charge in [-0.1, -0.05) is 0 Å². The molecule has 0 spiro atoms. The summed E-state index contributed by atoms with van der Waals surface area (Å²) in [4.78, 5) is 8.36. The van der Waals surface area contributed by atoms with Crippen molar-refractivity contribution in [3.8, 4) is 0 Å². The Bertz CT molecular complexity index is 601. The van der Waals surface area contributed by atoms with Crippen LogP contribution < -0.4 is 14.4 Å². The van der Waals surface area contributed by atoms with Gasteiger partial charge in [-0.25, -0.2) is 0 Å². The molecule has 6 heteroatoms. The average molecular weight is 350 g/mol. The molecular formula is C15H19AsN2O3. The van der Waals surface area contributed by atoms with E-state index in [9.17, 15) is 0 Å². The molecule has 0 aliphatic rings. The van der Waals surface area contributed by atoms with Crippen LogP contribution in [0.1, 0.15) is 12.5 Å². The second-order valence-electron chi connectivity index (χ2n) is 4.36. The normalized spacial score (nSPS) is 11.1. The van der Waals surface area contributed by atoms with Crippen molar-refractivity contribution in [2.24, 2.45) is 0 Å². The monoisotopic (exact) mass is 350 g/mol. The summed E-state index contributed by atoms with van der Waals surface area (Å²) in [7, 11) is 0. The van der Waals surface area contributed by atoms with Gasteiger partial charge >= 0.3 is 108 Å². The van der Waals surface area contributed by atoms with Crippen molar-refractivity contribution in [3.05, 3.63) is 64.2 Å². The Labute approximate surface area is 128 Å². The minimum atomic E-state index is -1.50. The molecule has 112 valence electrons. The number of nitrogen functional groups attached to an aromatic ring is 1. The Balaban J connectivity index is 0.000000491. The van der Waals surface area contributed by atoms with Crippen LogP contribution in [0.25, 0.3) is 0 Å². The van der Waals surface area contributed by atoms with E-state index in [0.717, 1.165) is 5.69 Å². The van der Waals surface area contributed by atoms with Gasteiger partial charge in [0.1, 0.15) is 0 Å². The van der Waals surface area contributed by atoms with Crippen LogP contribution in [0, 0.1) is 17.0 Å². The molecule has 0 fully saturated rings. The number of nitrogens with two attached hydrogens (primary N) is 1. The summed E-state index contributed by atoms with van der Waals surface area (Å²) in [6, 6.07) is 17.2. The predicted molar refractivity (Wildman–Crippen MR) is 86.3 cm³/mol. The number of aryl methyl sites for hydroxylation is 1. The van der Waals surface area contributed by atoms with Crippen molar-refractivity contribution in [1.82, 2.24) is 0 Å². The van der Waals surface area contributed by atoms with E-state index < -0.39 is 19.7 Å². The van der Waals surface area contributed by atoms with Gasteiger partial charge in [-0.15, -0.1) is 10.1 Å². The molecule has 2 aromatic carbocycles. The number of hydrogen-bond acceptors (Lipinski definition) is 3. The summed E-state index contributed by atoms with van der Waals surface area (Å²) < 4.78 is 3.00. The Kier molecular flexibility index (Phi) is 6.76. The Morgan fingerprint density at radius 3 is 2.38 bits per heavy atom. The topological polar surface area (TPSA) is 89.4 Å². The van der Waals surface area contributed by atoms with E-state index in [4.69, 9.17) is 21.1 Å². The number of rotatable bonds is 3. The van der Waals surface area contributed by atoms with Crippen LogP contribution in [-0.2, 0) is 0 Å². The summed E-state index contributed by atoms with van der Waals surface area (Å²) in [5, 5.41) is 14.9. The van der Waals surface area contributed by atoms with Crippen molar-refractivity contribution in [2.45, 2.75) is 19.1 Å². The summed E-state index contributed by atoms with van der Waals surface area (Å²) in [6.45, 7) is 4.49. The van der Waals surface area contributed by atoms with Crippen LogP contribution in [0.3, 0.4) is 0 Å². The van der Waals surface area contributed by atoms with Crippen LogP contribution in [0.2, 0.25) is 5.21 Å². The zero-order valence-electron chi connectivity index (χ0n) is 12.1. The smallest absolute Gasteiger partial charge is 0.291 e. The van der Waals surface area contributed by atoms with Crippen molar-refractivity contribution >= 4 is 29.0 Å². The molecule has 0 amide bonds. The van der Waals surface area contributed by atoms with Gasteiger partial charge in [-0.2, -0.15) is 0 Å². The van der Waals surface area contributed by atoms with E-state index in [-0.39, 0.29) is 0 Å². The van der Waals surface area contributed by atoms with Gasteiger partial charge in [0.05, 0.1) is 0 Å².